The van der Waals surface area contributed by atoms with Crippen molar-refractivity contribution in [1.82, 2.24) is 4.98 Å². The number of hydrogen-bond acceptors (Lipinski definition) is 2. The molecule has 0 radical (unpaired) electrons. The molecule has 0 saturated heterocycles. The lowest BCUT2D eigenvalue weighted by Gasteiger charge is -2.03. The van der Waals surface area contributed by atoms with Crippen molar-refractivity contribution in [2.24, 2.45) is 5.73 Å². The predicted octanol–water partition coefficient (Wildman–Crippen LogP) is 2.29. The van der Waals surface area contributed by atoms with E-state index in [1.165, 1.54) is 0 Å². The number of nitrogens with two attached hydrogens (primary N) is 1. The summed E-state index contributed by atoms with van der Waals surface area (Å²) in [5, 5.41) is 0. The van der Waals surface area contributed by atoms with Crippen LogP contribution < -0.4 is 5.73 Å². The summed E-state index contributed by atoms with van der Waals surface area (Å²) in [7, 11) is 0. The van der Waals surface area contributed by atoms with Crippen LogP contribution in [0.2, 0.25) is 0 Å². The van der Waals surface area contributed by atoms with E-state index >= 15 is 0 Å². The lowest BCUT2D eigenvalue weighted by molar-refractivity contribution is 0.810. The second kappa shape index (κ2) is 4.70. The number of halogens is 2. The van der Waals surface area contributed by atoms with E-state index in [1.807, 2.05) is 13.0 Å². The highest BCUT2D eigenvalue weighted by atomic mass is 79.9. The second-order valence-electron chi connectivity index (χ2n) is 2.23. The molecule has 1 aromatic rings. The molecule has 0 amide bonds. The van der Waals surface area contributed by atoms with Gasteiger partial charge in [0, 0.05) is 22.9 Å². The van der Waals surface area contributed by atoms with Crippen LogP contribution >= 0.6 is 28.3 Å². The van der Waals surface area contributed by atoms with Crippen LogP contribution in [0.4, 0.5) is 0 Å². The topological polar surface area (TPSA) is 38.9 Å². The SMILES string of the molecule is C[C@H](N)c1cncc(Br)c1.Cl. The molecule has 0 bridgehead atoms. The molecule has 2 N–H and O–H groups in total. The van der Waals surface area contributed by atoms with E-state index < -0.39 is 0 Å². The van der Waals surface area contributed by atoms with Gasteiger partial charge in [-0.2, -0.15) is 0 Å². The summed E-state index contributed by atoms with van der Waals surface area (Å²) in [5.41, 5.74) is 6.67. The van der Waals surface area contributed by atoms with Gasteiger partial charge in [-0.3, -0.25) is 4.98 Å². The highest BCUT2D eigenvalue weighted by Crippen LogP contribution is 2.13. The van der Waals surface area contributed by atoms with Crippen LogP contribution in [0.1, 0.15) is 18.5 Å². The largest absolute Gasteiger partial charge is 0.324 e. The zero-order valence-electron chi connectivity index (χ0n) is 6.12. The van der Waals surface area contributed by atoms with E-state index in [4.69, 9.17) is 5.73 Å². The molecule has 1 atom stereocenters. The molecular weight excluding hydrogens is 227 g/mol. The first-order chi connectivity index (χ1) is 4.70. The number of nitrogens with zero attached hydrogens (tertiary/aromatic N) is 1. The predicted molar refractivity (Wildman–Crippen MR) is 51.8 cm³/mol. The second-order valence-corrected chi connectivity index (χ2v) is 3.14. The maximum absolute atomic E-state index is 5.62. The quantitative estimate of drug-likeness (QED) is 0.814. The van der Waals surface area contributed by atoms with Crippen molar-refractivity contribution < 1.29 is 0 Å². The molecule has 1 heterocycles. The molecule has 1 aromatic heterocycles. The molecule has 2 nitrogen and oxygen atoms in total. The first-order valence-corrected chi connectivity index (χ1v) is 3.85. The summed E-state index contributed by atoms with van der Waals surface area (Å²) in [6.07, 6.45) is 3.52. The molecule has 0 aliphatic rings. The molecule has 0 saturated carbocycles. The van der Waals surface area contributed by atoms with Gasteiger partial charge in [-0.1, -0.05) is 0 Å². The molecule has 1 rings (SSSR count). The highest BCUT2D eigenvalue weighted by Gasteiger charge is 1.98. The number of rotatable bonds is 1. The van der Waals surface area contributed by atoms with Gasteiger partial charge in [0.25, 0.3) is 0 Å². The molecule has 0 unspecified atom stereocenters. The fraction of sp³-hybridized carbons (Fsp3) is 0.286. The summed E-state index contributed by atoms with van der Waals surface area (Å²) < 4.78 is 0.974. The van der Waals surface area contributed by atoms with Crippen molar-refractivity contribution >= 4 is 28.3 Å². The van der Waals surface area contributed by atoms with Crippen LogP contribution in [0.3, 0.4) is 0 Å². The van der Waals surface area contributed by atoms with Crippen LogP contribution in [0.5, 0.6) is 0 Å². The van der Waals surface area contributed by atoms with E-state index in [0.29, 0.717) is 0 Å². The Morgan fingerprint density at radius 1 is 1.55 bits per heavy atom. The van der Waals surface area contributed by atoms with Crippen molar-refractivity contribution in [3.8, 4) is 0 Å². The fourth-order valence-corrected chi connectivity index (χ4v) is 1.06. The molecule has 62 valence electrons. The molecule has 11 heavy (non-hydrogen) atoms. The van der Waals surface area contributed by atoms with Crippen LogP contribution in [0, 0.1) is 0 Å². The van der Waals surface area contributed by atoms with Gasteiger partial charge in [0.1, 0.15) is 0 Å². The maximum Gasteiger partial charge on any atom is 0.0410 e. The third-order valence-electron chi connectivity index (χ3n) is 1.25. The average Bonchev–Trinajstić information content (AvgIpc) is 1.88. The van der Waals surface area contributed by atoms with Gasteiger partial charge in [0.15, 0.2) is 0 Å². The summed E-state index contributed by atoms with van der Waals surface area (Å²) in [6, 6.07) is 2.03. The Hall–Kier alpha value is -0.120. The van der Waals surface area contributed by atoms with Gasteiger partial charge in [0.2, 0.25) is 0 Å². The van der Waals surface area contributed by atoms with Crippen molar-refractivity contribution in [2.75, 3.05) is 0 Å². The Labute approximate surface area is 80.7 Å². The standard InChI is InChI=1S/C7H9BrN2.ClH/c1-5(9)6-2-7(8)4-10-3-6;/h2-5H,9H2,1H3;1H/t5-;/m0./s1. The van der Waals surface area contributed by atoms with Gasteiger partial charge in [-0.05, 0) is 34.5 Å². The van der Waals surface area contributed by atoms with Crippen LogP contribution in [0.15, 0.2) is 22.9 Å². The minimum Gasteiger partial charge on any atom is -0.324 e. The third-order valence-corrected chi connectivity index (χ3v) is 1.69. The lowest BCUT2D eigenvalue weighted by Crippen LogP contribution is -2.04. The van der Waals surface area contributed by atoms with Gasteiger partial charge in [-0.25, -0.2) is 0 Å². The van der Waals surface area contributed by atoms with Crippen molar-refractivity contribution in [2.45, 2.75) is 13.0 Å². The summed E-state index contributed by atoms with van der Waals surface area (Å²) in [6.45, 7) is 1.93. The van der Waals surface area contributed by atoms with Crippen molar-refractivity contribution in [3.63, 3.8) is 0 Å². The summed E-state index contributed by atoms with van der Waals surface area (Å²) >= 11 is 3.31. The van der Waals surface area contributed by atoms with E-state index in [0.717, 1.165) is 10.0 Å². The Kier molecular flexibility index (Phi) is 4.65. The van der Waals surface area contributed by atoms with Gasteiger partial charge < -0.3 is 5.73 Å². The zero-order valence-corrected chi connectivity index (χ0v) is 8.52. The smallest absolute Gasteiger partial charge is 0.0410 e. The van der Waals surface area contributed by atoms with E-state index in [1.54, 1.807) is 12.4 Å². The molecular formula is C7H10BrClN2. The van der Waals surface area contributed by atoms with Crippen molar-refractivity contribution in [1.29, 1.82) is 0 Å². The van der Waals surface area contributed by atoms with Crippen LogP contribution in [-0.2, 0) is 0 Å². The van der Waals surface area contributed by atoms with Gasteiger partial charge in [-0.15, -0.1) is 12.4 Å². The fourth-order valence-electron chi connectivity index (χ4n) is 0.677. The number of aromatic nitrogens is 1. The number of pyridine rings is 1. The molecule has 0 spiro atoms. The van der Waals surface area contributed by atoms with E-state index in [-0.39, 0.29) is 18.4 Å². The van der Waals surface area contributed by atoms with Gasteiger partial charge >= 0.3 is 0 Å². The van der Waals surface area contributed by atoms with Crippen molar-refractivity contribution in [3.05, 3.63) is 28.5 Å². The first-order valence-electron chi connectivity index (χ1n) is 3.06. The molecule has 0 aliphatic heterocycles. The highest BCUT2D eigenvalue weighted by molar-refractivity contribution is 9.10. The molecule has 0 aliphatic carbocycles. The van der Waals surface area contributed by atoms with Crippen LogP contribution in [0.25, 0.3) is 0 Å². The Morgan fingerprint density at radius 3 is 2.55 bits per heavy atom. The van der Waals surface area contributed by atoms with E-state index in [9.17, 15) is 0 Å². The molecule has 0 aromatic carbocycles. The monoisotopic (exact) mass is 236 g/mol. The number of hydrogen-bond donors (Lipinski definition) is 1. The Bertz CT molecular complexity index is 227. The third kappa shape index (κ3) is 3.18. The first kappa shape index (κ1) is 10.9. The maximum atomic E-state index is 5.62. The van der Waals surface area contributed by atoms with E-state index in [2.05, 4.69) is 20.9 Å². The summed E-state index contributed by atoms with van der Waals surface area (Å²) in [4.78, 5) is 3.98. The van der Waals surface area contributed by atoms with Crippen LogP contribution in [-0.4, -0.2) is 4.98 Å². The lowest BCUT2D eigenvalue weighted by atomic mass is 10.2. The zero-order chi connectivity index (χ0) is 7.56. The molecule has 0 fully saturated rings. The Balaban J connectivity index is 0.000001000. The summed E-state index contributed by atoms with van der Waals surface area (Å²) in [5.74, 6) is 0. The Morgan fingerprint density at radius 2 is 2.18 bits per heavy atom. The normalized spacial score (nSPS) is 11.9. The minimum atomic E-state index is 0. The molecule has 4 heteroatoms. The average molecular weight is 238 g/mol. The van der Waals surface area contributed by atoms with Gasteiger partial charge in [0.05, 0.1) is 0 Å². The minimum absolute atomic E-state index is 0.